The summed E-state index contributed by atoms with van der Waals surface area (Å²) in [5, 5.41) is 8.49. The summed E-state index contributed by atoms with van der Waals surface area (Å²) in [6.45, 7) is 1.34. The maximum atomic E-state index is 11.2. The first kappa shape index (κ1) is 11.0. The fraction of sp³-hybridized carbons (Fsp3) is 0.778. The average Bonchev–Trinajstić information content (AvgIpc) is 2.19. The molecular formula is C9H16N2O3. The van der Waals surface area contributed by atoms with Crippen molar-refractivity contribution in [3.05, 3.63) is 0 Å². The van der Waals surface area contributed by atoms with Crippen molar-refractivity contribution in [3.8, 4) is 0 Å². The summed E-state index contributed by atoms with van der Waals surface area (Å²) in [5.41, 5.74) is 1.51. The Bertz CT molecular complexity index is 224. The highest BCUT2D eigenvalue weighted by atomic mass is 16.5. The predicted octanol–water partition coefficient (Wildman–Crippen LogP) is 1.27. The lowest BCUT2D eigenvalue weighted by molar-refractivity contribution is -0.128. The number of urea groups is 1. The normalized spacial score (nSPS) is 17.6. The fourth-order valence-electron chi connectivity index (χ4n) is 1.96. The van der Waals surface area contributed by atoms with Crippen molar-refractivity contribution < 1.29 is 14.8 Å². The molecule has 14 heavy (non-hydrogen) atoms. The number of hydrogen-bond acceptors (Lipinski definition) is 3. The first-order chi connectivity index (χ1) is 6.66. The summed E-state index contributed by atoms with van der Waals surface area (Å²) in [6, 6.07) is -0.766. The third kappa shape index (κ3) is 2.45. The zero-order valence-corrected chi connectivity index (χ0v) is 8.32. The molecule has 0 spiro atoms. The monoisotopic (exact) mass is 200 g/mol. The van der Waals surface area contributed by atoms with E-state index in [0.717, 1.165) is 37.0 Å². The minimum atomic E-state index is -0.718. The standard InChI is InChI=1S/C9H16N2O3/c1-7(12)11(9(13)10-14)8-5-3-2-4-6-8/h8,14H,2-6H2,1H3,(H,10,13). The number of carbonyl (C=O) groups is 2. The Balaban J connectivity index is 2.65. The van der Waals surface area contributed by atoms with E-state index in [9.17, 15) is 9.59 Å². The zero-order chi connectivity index (χ0) is 10.6. The molecule has 1 aliphatic carbocycles. The summed E-state index contributed by atoms with van der Waals surface area (Å²) in [4.78, 5) is 23.5. The Labute approximate surface area is 83.0 Å². The van der Waals surface area contributed by atoms with Crippen molar-refractivity contribution in [1.29, 1.82) is 0 Å². The van der Waals surface area contributed by atoms with Crippen LogP contribution in [-0.4, -0.2) is 28.1 Å². The number of hydroxylamine groups is 1. The van der Waals surface area contributed by atoms with Crippen LogP contribution in [0.3, 0.4) is 0 Å². The van der Waals surface area contributed by atoms with Crippen molar-refractivity contribution in [1.82, 2.24) is 10.4 Å². The average molecular weight is 200 g/mol. The fourth-order valence-corrected chi connectivity index (χ4v) is 1.96. The molecule has 0 aromatic rings. The van der Waals surface area contributed by atoms with Crippen LogP contribution in [0.1, 0.15) is 39.0 Å². The van der Waals surface area contributed by atoms with Gasteiger partial charge in [0, 0.05) is 13.0 Å². The first-order valence-corrected chi connectivity index (χ1v) is 4.90. The second-order valence-corrected chi connectivity index (χ2v) is 3.60. The van der Waals surface area contributed by atoms with Gasteiger partial charge in [-0.2, -0.15) is 0 Å². The molecule has 1 saturated carbocycles. The molecule has 1 aliphatic rings. The lowest BCUT2D eigenvalue weighted by Crippen LogP contribution is -2.48. The number of imide groups is 1. The molecule has 0 saturated heterocycles. The number of rotatable bonds is 1. The van der Waals surface area contributed by atoms with E-state index in [1.807, 2.05) is 0 Å². The highest BCUT2D eigenvalue weighted by Gasteiger charge is 2.28. The molecular weight excluding hydrogens is 184 g/mol. The van der Waals surface area contributed by atoms with Gasteiger partial charge in [-0.05, 0) is 12.8 Å². The predicted molar refractivity (Wildman–Crippen MR) is 49.7 cm³/mol. The largest absolute Gasteiger partial charge is 0.348 e. The zero-order valence-electron chi connectivity index (χ0n) is 8.32. The third-order valence-electron chi connectivity index (χ3n) is 2.59. The van der Waals surface area contributed by atoms with Crippen LogP contribution in [0.5, 0.6) is 0 Å². The molecule has 5 heteroatoms. The number of amides is 3. The lowest BCUT2D eigenvalue weighted by Gasteiger charge is -2.31. The van der Waals surface area contributed by atoms with E-state index in [2.05, 4.69) is 0 Å². The van der Waals surface area contributed by atoms with Gasteiger partial charge in [0.2, 0.25) is 5.91 Å². The maximum absolute atomic E-state index is 11.2. The molecule has 0 radical (unpaired) electrons. The van der Waals surface area contributed by atoms with Gasteiger partial charge in [0.25, 0.3) is 0 Å². The second kappa shape index (κ2) is 4.95. The molecule has 0 atom stereocenters. The minimum Gasteiger partial charge on any atom is -0.287 e. The van der Waals surface area contributed by atoms with E-state index in [-0.39, 0.29) is 11.9 Å². The van der Waals surface area contributed by atoms with Gasteiger partial charge in [-0.1, -0.05) is 19.3 Å². The summed E-state index contributed by atoms with van der Waals surface area (Å²) >= 11 is 0. The lowest BCUT2D eigenvalue weighted by atomic mass is 9.94. The third-order valence-corrected chi connectivity index (χ3v) is 2.59. The van der Waals surface area contributed by atoms with E-state index in [1.54, 1.807) is 0 Å². The van der Waals surface area contributed by atoms with E-state index in [1.165, 1.54) is 12.4 Å². The number of hydrogen-bond donors (Lipinski definition) is 2. The number of carbonyl (C=O) groups excluding carboxylic acids is 2. The second-order valence-electron chi connectivity index (χ2n) is 3.60. The summed E-state index contributed by atoms with van der Waals surface area (Å²) in [6.07, 6.45) is 4.91. The molecule has 3 amide bonds. The molecule has 1 rings (SSSR count). The van der Waals surface area contributed by atoms with E-state index < -0.39 is 6.03 Å². The van der Waals surface area contributed by atoms with Gasteiger partial charge in [-0.25, -0.2) is 10.3 Å². The van der Waals surface area contributed by atoms with Gasteiger partial charge in [0.1, 0.15) is 0 Å². The van der Waals surface area contributed by atoms with Crippen LogP contribution in [0.4, 0.5) is 4.79 Å². The van der Waals surface area contributed by atoms with Gasteiger partial charge in [-0.15, -0.1) is 0 Å². The molecule has 5 nitrogen and oxygen atoms in total. The number of nitrogens with one attached hydrogen (secondary N) is 1. The summed E-state index contributed by atoms with van der Waals surface area (Å²) in [7, 11) is 0. The van der Waals surface area contributed by atoms with Crippen molar-refractivity contribution >= 4 is 11.9 Å². The molecule has 0 aliphatic heterocycles. The Morgan fingerprint density at radius 2 is 1.86 bits per heavy atom. The number of nitrogens with zero attached hydrogens (tertiary/aromatic N) is 1. The summed E-state index contributed by atoms with van der Waals surface area (Å²) in [5.74, 6) is -0.316. The quantitative estimate of drug-likeness (QED) is 0.494. The molecule has 0 aromatic carbocycles. The van der Waals surface area contributed by atoms with E-state index in [4.69, 9.17) is 5.21 Å². The molecule has 2 N–H and O–H groups in total. The minimum absolute atomic E-state index is 0.0478. The molecule has 0 bridgehead atoms. The van der Waals surface area contributed by atoms with Gasteiger partial charge in [0.15, 0.2) is 0 Å². The summed E-state index contributed by atoms with van der Waals surface area (Å²) < 4.78 is 0. The van der Waals surface area contributed by atoms with Crippen LogP contribution in [0.25, 0.3) is 0 Å². The Morgan fingerprint density at radius 3 is 2.29 bits per heavy atom. The first-order valence-electron chi connectivity index (χ1n) is 4.90. The van der Waals surface area contributed by atoms with Crippen molar-refractivity contribution in [3.63, 3.8) is 0 Å². The molecule has 1 fully saturated rings. The van der Waals surface area contributed by atoms with Gasteiger partial charge in [-0.3, -0.25) is 14.9 Å². The van der Waals surface area contributed by atoms with Crippen LogP contribution < -0.4 is 5.48 Å². The van der Waals surface area contributed by atoms with Crippen LogP contribution >= 0.6 is 0 Å². The van der Waals surface area contributed by atoms with Crippen LogP contribution in [0.15, 0.2) is 0 Å². The van der Waals surface area contributed by atoms with Gasteiger partial charge in [0.05, 0.1) is 0 Å². The molecule has 0 aromatic heterocycles. The van der Waals surface area contributed by atoms with Crippen LogP contribution in [0, 0.1) is 0 Å². The molecule has 0 heterocycles. The topological polar surface area (TPSA) is 69.6 Å². The van der Waals surface area contributed by atoms with E-state index >= 15 is 0 Å². The maximum Gasteiger partial charge on any atom is 0.348 e. The Morgan fingerprint density at radius 1 is 1.29 bits per heavy atom. The van der Waals surface area contributed by atoms with Crippen molar-refractivity contribution in [2.75, 3.05) is 0 Å². The highest BCUT2D eigenvalue weighted by Crippen LogP contribution is 2.22. The van der Waals surface area contributed by atoms with Crippen LogP contribution in [-0.2, 0) is 4.79 Å². The van der Waals surface area contributed by atoms with E-state index in [0.29, 0.717) is 0 Å². The molecule has 0 unspecified atom stereocenters. The molecule has 80 valence electrons. The Kier molecular flexibility index (Phi) is 3.88. The smallest absolute Gasteiger partial charge is 0.287 e. The van der Waals surface area contributed by atoms with Gasteiger partial charge < -0.3 is 0 Å². The van der Waals surface area contributed by atoms with Crippen LogP contribution in [0.2, 0.25) is 0 Å². The van der Waals surface area contributed by atoms with Crippen molar-refractivity contribution in [2.24, 2.45) is 0 Å². The highest BCUT2D eigenvalue weighted by molar-refractivity contribution is 5.93. The van der Waals surface area contributed by atoms with Gasteiger partial charge >= 0.3 is 6.03 Å². The SMILES string of the molecule is CC(=O)N(C(=O)NO)C1CCCCC1. The van der Waals surface area contributed by atoms with Crippen molar-refractivity contribution in [2.45, 2.75) is 45.1 Å². The Hall–Kier alpha value is -1.10.